The van der Waals surface area contributed by atoms with Crippen LogP contribution in [0.15, 0.2) is 34.9 Å². The molecule has 0 heterocycles. The van der Waals surface area contributed by atoms with Gasteiger partial charge in [-0.2, -0.15) is 8.42 Å². The second-order valence-corrected chi connectivity index (χ2v) is 13.7. The Bertz CT molecular complexity index is 1160. The number of fused-ring (bicyclic) bond motifs is 2. The molecule has 9 nitrogen and oxygen atoms in total. The highest BCUT2D eigenvalue weighted by Crippen LogP contribution is 2.60. The van der Waals surface area contributed by atoms with Crippen molar-refractivity contribution in [3.63, 3.8) is 0 Å². The van der Waals surface area contributed by atoms with E-state index in [4.69, 9.17) is 14.7 Å². The van der Waals surface area contributed by atoms with Crippen LogP contribution in [-0.2, 0) is 24.1 Å². The van der Waals surface area contributed by atoms with Gasteiger partial charge in [0.1, 0.15) is 11.8 Å². The van der Waals surface area contributed by atoms with Gasteiger partial charge in [0.15, 0.2) is 0 Å². The average Bonchev–Trinajstić information content (AvgIpc) is 3.24. The van der Waals surface area contributed by atoms with E-state index in [-0.39, 0.29) is 23.8 Å². The van der Waals surface area contributed by atoms with Crippen molar-refractivity contribution in [1.82, 2.24) is 0 Å². The number of hydrogen-bond acceptors (Lipinski definition) is 7. The van der Waals surface area contributed by atoms with E-state index in [9.17, 15) is 22.9 Å². The van der Waals surface area contributed by atoms with Gasteiger partial charge in [0.05, 0.1) is 6.10 Å². The number of esters is 1. The molecule has 3 rings (SSSR count). The summed E-state index contributed by atoms with van der Waals surface area (Å²) in [5, 5.41) is 11.8. The smallest absolute Gasteiger partial charge is 0.398 e. The summed E-state index contributed by atoms with van der Waals surface area (Å²) in [7, 11) is -4.73. The van der Waals surface area contributed by atoms with Crippen molar-refractivity contribution < 1.29 is 37.3 Å². The molecule has 3 aliphatic carbocycles. The van der Waals surface area contributed by atoms with Crippen LogP contribution in [0.1, 0.15) is 113 Å². The number of allylic oxidation sites excluding steroid dienone is 2. The van der Waals surface area contributed by atoms with Crippen molar-refractivity contribution in [3.05, 3.63) is 34.9 Å². The van der Waals surface area contributed by atoms with Crippen molar-refractivity contribution in [3.8, 4) is 12.8 Å². The van der Waals surface area contributed by atoms with Crippen LogP contribution < -0.4 is 5.73 Å². The Morgan fingerprint density at radius 3 is 2.34 bits per heavy atom. The molecule has 0 aliphatic heterocycles. The zero-order chi connectivity index (χ0) is 33.3. The van der Waals surface area contributed by atoms with E-state index < -0.39 is 39.7 Å². The molecule has 0 radical (unpaired) electrons. The fraction of sp³-hybridized carbons (Fsp3) is 0.735. The SMILES string of the molecule is C#C.C=C(CC[C@@H](C)CC1CC=C2C3=C([C@@H](O)C[C@@]21OC(C)=O)[C@@](C)(CCC)C(C(N)OS(=O)(=O)O)CC3)C(C)C.CC.O. The topological polar surface area (TPSA) is 168 Å². The maximum atomic E-state index is 12.5. The molecular weight excluding hydrogens is 582 g/mol. The zero-order valence-corrected chi connectivity index (χ0v) is 29.0. The Hall–Kier alpha value is -2.00. The lowest BCUT2D eigenvalue weighted by Gasteiger charge is -2.53. The van der Waals surface area contributed by atoms with E-state index in [2.05, 4.69) is 46.3 Å². The minimum absolute atomic E-state index is 0. The van der Waals surface area contributed by atoms with Crippen LogP contribution in [0.3, 0.4) is 0 Å². The van der Waals surface area contributed by atoms with Gasteiger partial charge >= 0.3 is 16.4 Å². The average molecular weight is 642 g/mol. The van der Waals surface area contributed by atoms with Crippen LogP contribution in [0.4, 0.5) is 0 Å². The minimum Gasteiger partial charge on any atom is -0.454 e. The maximum Gasteiger partial charge on any atom is 0.398 e. The summed E-state index contributed by atoms with van der Waals surface area (Å²) in [5.41, 5.74) is 8.73. The number of aliphatic hydroxyl groups excluding tert-OH is 1. The zero-order valence-electron chi connectivity index (χ0n) is 28.2. The number of rotatable bonds is 12. The van der Waals surface area contributed by atoms with E-state index in [0.29, 0.717) is 31.1 Å². The molecule has 3 unspecified atom stereocenters. The highest BCUT2D eigenvalue weighted by molar-refractivity contribution is 7.80. The first-order valence-electron chi connectivity index (χ1n) is 15.8. The summed E-state index contributed by atoms with van der Waals surface area (Å²) in [6, 6.07) is 0. The lowest BCUT2D eigenvalue weighted by atomic mass is 9.55. The fourth-order valence-corrected chi connectivity index (χ4v) is 8.08. The van der Waals surface area contributed by atoms with Crippen LogP contribution >= 0.6 is 0 Å². The van der Waals surface area contributed by atoms with E-state index in [1.807, 2.05) is 27.7 Å². The quantitative estimate of drug-likeness (QED) is 0.0757. The Kier molecular flexibility index (Phi) is 16.8. The highest BCUT2D eigenvalue weighted by Gasteiger charge is 2.58. The molecule has 44 heavy (non-hydrogen) atoms. The van der Waals surface area contributed by atoms with Gasteiger partial charge in [0.2, 0.25) is 0 Å². The number of carbonyl (C=O) groups excluding carboxylic acids is 1. The lowest BCUT2D eigenvalue weighted by molar-refractivity contribution is -0.162. The Balaban J connectivity index is 0.00000355. The summed E-state index contributed by atoms with van der Waals surface area (Å²) in [6.45, 7) is 20.2. The first-order chi connectivity index (χ1) is 20.1. The number of aliphatic hydroxyl groups is 1. The maximum absolute atomic E-state index is 12.5. The summed E-state index contributed by atoms with van der Waals surface area (Å²) < 4.78 is 43.2. The van der Waals surface area contributed by atoms with E-state index in [0.717, 1.165) is 48.8 Å². The van der Waals surface area contributed by atoms with Gasteiger partial charge in [-0.25, -0.2) is 4.18 Å². The number of ether oxygens (including phenoxy) is 1. The predicted molar refractivity (Wildman–Crippen MR) is 177 cm³/mol. The first kappa shape index (κ1) is 42.0. The molecular formula is C34H59NO8S. The highest BCUT2D eigenvalue weighted by atomic mass is 32.3. The largest absolute Gasteiger partial charge is 0.454 e. The van der Waals surface area contributed by atoms with Crippen molar-refractivity contribution in [2.75, 3.05) is 0 Å². The molecule has 0 saturated heterocycles. The monoisotopic (exact) mass is 641 g/mol. The van der Waals surface area contributed by atoms with E-state index in [1.165, 1.54) is 12.5 Å². The third-order valence-corrected chi connectivity index (χ3v) is 9.99. The Labute approximate surface area is 267 Å². The van der Waals surface area contributed by atoms with Gasteiger partial charge in [-0.05, 0) is 78.9 Å². The summed E-state index contributed by atoms with van der Waals surface area (Å²) in [5.74, 6) is 0.115. The van der Waals surface area contributed by atoms with E-state index >= 15 is 0 Å². The number of terminal acetylenes is 1. The third-order valence-electron chi connectivity index (χ3n) is 9.53. The predicted octanol–water partition coefficient (Wildman–Crippen LogP) is 6.09. The van der Waals surface area contributed by atoms with Crippen molar-refractivity contribution in [1.29, 1.82) is 0 Å². The third kappa shape index (κ3) is 9.51. The molecule has 0 aromatic heterocycles. The molecule has 254 valence electrons. The van der Waals surface area contributed by atoms with Crippen molar-refractivity contribution in [2.24, 2.45) is 34.8 Å². The van der Waals surface area contributed by atoms with Gasteiger partial charge in [-0.1, -0.05) is 73.1 Å². The first-order valence-corrected chi connectivity index (χ1v) is 17.2. The molecule has 0 aromatic carbocycles. The van der Waals surface area contributed by atoms with Gasteiger partial charge in [0, 0.05) is 25.2 Å². The van der Waals surface area contributed by atoms with Crippen LogP contribution in [0.2, 0.25) is 0 Å². The molecule has 0 spiro atoms. The van der Waals surface area contributed by atoms with Gasteiger partial charge in [-0.15, -0.1) is 12.8 Å². The standard InChI is InChI=1S/C30H49NO7S.C2H6.C2H2.H2O/c1-8-15-29(7)25(28(31)38-39(34,35)36)14-12-23-24-13-11-22(16-19(4)9-10-20(5)18(2)3)30(24,37-21(6)32)17-26(33)27(23)29;2*1-2;/h13,18-19,22,25-26,28,33H,5,8-12,14-17,31H2,1-4,6-7H3,(H,34,35,36);1-2H3;1-2H;1H2/t19-,22?,25?,26+,28?,29+,30+;;;/m1.../s1. The summed E-state index contributed by atoms with van der Waals surface area (Å²) in [6.07, 6.45) is 14.4. The molecule has 7 atom stereocenters. The number of hydrogen-bond donors (Lipinski definition) is 3. The molecule has 0 saturated carbocycles. The molecule has 0 fully saturated rings. The van der Waals surface area contributed by atoms with Crippen LogP contribution in [-0.4, -0.2) is 47.5 Å². The Morgan fingerprint density at radius 2 is 1.84 bits per heavy atom. The minimum atomic E-state index is -4.73. The van der Waals surface area contributed by atoms with Crippen molar-refractivity contribution in [2.45, 2.75) is 131 Å². The molecule has 0 aromatic rings. The van der Waals surface area contributed by atoms with Gasteiger partial charge in [0.25, 0.3) is 0 Å². The molecule has 3 aliphatic rings. The second kappa shape index (κ2) is 17.6. The lowest BCUT2D eigenvalue weighted by Crippen LogP contribution is -2.54. The normalized spacial score (nSPS) is 28.9. The number of carbonyl (C=O) groups is 1. The summed E-state index contributed by atoms with van der Waals surface area (Å²) in [4.78, 5) is 12.5. The van der Waals surface area contributed by atoms with Crippen LogP contribution in [0, 0.1) is 41.9 Å². The molecule has 0 bridgehead atoms. The summed E-state index contributed by atoms with van der Waals surface area (Å²) >= 11 is 0. The van der Waals surface area contributed by atoms with E-state index in [1.54, 1.807) is 0 Å². The molecule has 6 N–H and O–H groups in total. The van der Waals surface area contributed by atoms with Gasteiger partial charge in [-0.3, -0.25) is 9.35 Å². The second-order valence-electron chi connectivity index (χ2n) is 12.6. The van der Waals surface area contributed by atoms with Gasteiger partial charge < -0.3 is 21.1 Å². The van der Waals surface area contributed by atoms with Crippen LogP contribution in [0.25, 0.3) is 0 Å². The molecule has 10 heteroatoms. The molecule has 0 amide bonds. The fourth-order valence-electron chi connectivity index (χ4n) is 7.67. The Morgan fingerprint density at radius 1 is 1.25 bits per heavy atom. The van der Waals surface area contributed by atoms with Crippen LogP contribution in [0.5, 0.6) is 0 Å². The van der Waals surface area contributed by atoms with Crippen molar-refractivity contribution >= 4 is 16.4 Å². The number of nitrogens with two attached hydrogens (primary N) is 1.